The summed E-state index contributed by atoms with van der Waals surface area (Å²) in [6.07, 6.45) is 3.05. The fraction of sp³-hybridized carbons (Fsp3) is 0.615. The summed E-state index contributed by atoms with van der Waals surface area (Å²) in [4.78, 5) is 6.54. The summed E-state index contributed by atoms with van der Waals surface area (Å²) in [5, 5.41) is 1.18. The molecule has 1 aromatic rings. The molecule has 2 unspecified atom stereocenters. The lowest BCUT2D eigenvalue weighted by Crippen LogP contribution is -2.37. The molecule has 4 heteroatoms. The van der Waals surface area contributed by atoms with E-state index in [1.807, 2.05) is 0 Å². The molecule has 1 saturated heterocycles. The molecule has 0 saturated carbocycles. The maximum atomic E-state index is 6.16. The van der Waals surface area contributed by atoms with E-state index in [4.69, 9.17) is 23.2 Å². The highest BCUT2D eigenvalue weighted by Gasteiger charge is 2.23. The predicted molar refractivity (Wildman–Crippen MR) is 72.5 cm³/mol. The van der Waals surface area contributed by atoms with Crippen LogP contribution in [0.2, 0.25) is 10.2 Å². The average Bonchev–Trinajstić information content (AvgIpc) is 2.27. The van der Waals surface area contributed by atoms with Gasteiger partial charge in [0.1, 0.15) is 5.15 Å². The number of hydrogen-bond donors (Lipinski definition) is 0. The Morgan fingerprint density at radius 2 is 2.12 bits per heavy atom. The molecule has 2 rings (SSSR count). The fourth-order valence-corrected chi connectivity index (χ4v) is 2.71. The highest BCUT2D eigenvalue weighted by molar-refractivity contribution is 6.34. The highest BCUT2D eigenvalue weighted by Crippen LogP contribution is 2.26. The summed E-state index contributed by atoms with van der Waals surface area (Å²) in [5.41, 5.74) is 1.07. The summed E-state index contributed by atoms with van der Waals surface area (Å²) in [5.74, 6) is 1.58. The van der Waals surface area contributed by atoms with Crippen molar-refractivity contribution in [2.45, 2.75) is 26.8 Å². The minimum Gasteiger partial charge on any atom is -0.299 e. The average molecular weight is 273 g/mol. The summed E-state index contributed by atoms with van der Waals surface area (Å²) < 4.78 is 0. The molecule has 1 aromatic heterocycles. The van der Waals surface area contributed by atoms with Crippen molar-refractivity contribution >= 4 is 23.2 Å². The summed E-state index contributed by atoms with van der Waals surface area (Å²) in [7, 11) is 0. The van der Waals surface area contributed by atoms with Gasteiger partial charge in [0.2, 0.25) is 0 Å². The summed E-state index contributed by atoms with van der Waals surface area (Å²) in [6.45, 7) is 7.81. The zero-order valence-electron chi connectivity index (χ0n) is 10.3. The Hall–Kier alpha value is -0.310. The van der Waals surface area contributed by atoms with E-state index in [-0.39, 0.29) is 0 Å². The van der Waals surface area contributed by atoms with E-state index in [1.54, 1.807) is 12.3 Å². The number of rotatable bonds is 2. The fourth-order valence-electron chi connectivity index (χ4n) is 2.29. The third-order valence-corrected chi connectivity index (χ3v) is 4.27. The van der Waals surface area contributed by atoms with Gasteiger partial charge in [-0.1, -0.05) is 37.0 Å². The summed E-state index contributed by atoms with van der Waals surface area (Å²) >= 11 is 12.0. The van der Waals surface area contributed by atoms with Crippen LogP contribution in [0.1, 0.15) is 25.8 Å². The van der Waals surface area contributed by atoms with Crippen LogP contribution in [0.5, 0.6) is 0 Å². The van der Waals surface area contributed by atoms with Gasteiger partial charge in [-0.2, -0.15) is 0 Å². The molecule has 0 bridgehead atoms. The van der Waals surface area contributed by atoms with Crippen LogP contribution in [-0.2, 0) is 6.54 Å². The van der Waals surface area contributed by atoms with E-state index in [2.05, 4.69) is 23.7 Å². The van der Waals surface area contributed by atoms with Crippen LogP contribution in [-0.4, -0.2) is 23.0 Å². The number of pyridine rings is 1. The molecular weight excluding hydrogens is 255 g/mol. The van der Waals surface area contributed by atoms with Crippen molar-refractivity contribution < 1.29 is 0 Å². The van der Waals surface area contributed by atoms with Crippen molar-refractivity contribution in [1.82, 2.24) is 9.88 Å². The van der Waals surface area contributed by atoms with Gasteiger partial charge in [0.25, 0.3) is 0 Å². The molecule has 2 heterocycles. The van der Waals surface area contributed by atoms with Gasteiger partial charge in [-0.05, 0) is 30.9 Å². The first-order valence-corrected chi connectivity index (χ1v) is 6.84. The lowest BCUT2D eigenvalue weighted by atomic mass is 9.88. The van der Waals surface area contributed by atoms with Crippen molar-refractivity contribution in [1.29, 1.82) is 0 Å². The molecule has 1 aliphatic heterocycles. The number of piperidine rings is 1. The first kappa shape index (κ1) is 13.1. The number of nitrogens with zero attached hydrogens (tertiary/aromatic N) is 2. The monoisotopic (exact) mass is 272 g/mol. The van der Waals surface area contributed by atoms with Crippen LogP contribution in [0, 0.1) is 11.8 Å². The minimum absolute atomic E-state index is 0.458. The molecule has 0 radical (unpaired) electrons. The molecular formula is C13H18Cl2N2. The van der Waals surface area contributed by atoms with E-state index in [0.717, 1.165) is 42.1 Å². The molecule has 2 atom stereocenters. The van der Waals surface area contributed by atoms with E-state index in [0.29, 0.717) is 5.15 Å². The standard InChI is InChI=1S/C13H18Cl2N2/c1-9-3-4-17(7-10(9)2)8-11-6-16-13(15)5-12(11)14/h5-6,9-10H,3-4,7-8H2,1-2H3. The third kappa shape index (κ3) is 3.34. The molecule has 0 spiro atoms. The van der Waals surface area contributed by atoms with Crippen LogP contribution in [0.25, 0.3) is 0 Å². The Kier molecular flexibility index (Phi) is 4.29. The molecule has 2 nitrogen and oxygen atoms in total. The van der Waals surface area contributed by atoms with Gasteiger partial charge >= 0.3 is 0 Å². The predicted octanol–water partition coefficient (Wildman–Crippen LogP) is 3.87. The van der Waals surface area contributed by atoms with Crippen molar-refractivity contribution in [3.05, 3.63) is 28.0 Å². The first-order chi connectivity index (χ1) is 8.06. The second kappa shape index (κ2) is 5.55. The lowest BCUT2D eigenvalue weighted by molar-refractivity contribution is 0.132. The van der Waals surface area contributed by atoms with Gasteiger partial charge in [-0.25, -0.2) is 4.98 Å². The van der Waals surface area contributed by atoms with Crippen LogP contribution < -0.4 is 0 Å². The zero-order valence-corrected chi connectivity index (χ0v) is 11.8. The number of halogens is 2. The van der Waals surface area contributed by atoms with Crippen molar-refractivity contribution in [2.75, 3.05) is 13.1 Å². The normalized spacial score (nSPS) is 26.1. The SMILES string of the molecule is CC1CCN(Cc2cnc(Cl)cc2Cl)CC1C. The molecule has 1 fully saturated rings. The van der Waals surface area contributed by atoms with Crippen LogP contribution in [0.4, 0.5) is 0 Å². The van der Waals surface area contributed by atoms with Gasteiger partial charge in [0, 0.05) is 29.9 Å². The van der Waals surface area contributed by atoms with Crippen LogP contribution in [0.15, 0.2) is 12.3 Å². The molecule has 94 valence electrons. The number of hydrogen-bond acceptors (Lipinski definition) is 2. The molecule has 17 heavy (non-hydrogen) atoms. The van der Waals surface area contributed by atoms with Crippen LogP contribution in [0.3, 0.4) is 0 Å². The van der Waals surface area contributed by atoms with E-state index in [9.17, 15) is 0 Å². The molecule has 0 aliphatic carbocycles. The Labute approximate surface area is 113 Å². The molecule has 0 amide bonds. The molecule has 0 aromatic carbocycles. The van der Waals surface area contributed by atoms with Crippen molar-refractivity contribution in [3.8, 4) is 0 Å². The van der Waals surface area contributed by atoms with Gasteiger partial charge in [0.15, 0.2) is 0 Å². The number of likely N-dealkylation sites (tertiary alicyclic amines) is 1. The quantitative estimate of drug-likeness (QED) is 0.760. The maximum absolute atomic E-state index is 6.16. The van der Waals surface area contributed by atoms with Crippen molar-refractivity contribution in [2.24, 2.45) is 11.8 Å². The Morgan fingerprint density at radius 3 is 2.76 bits per heavy atom. The second-order valence-corrected chi connectivity index (χ2v) is 5.87. The number of aromatic nitrogens is 1. The molecule has 1 aliphatic rings. The van der Waals surface area contributed by atoms with Gasteiger partial charge in [0.05, 0.1) is 0 Å². The summed E-state index contributed by atoms with van der Waals surface area (Å²) in [6, 6.07) is 1.72. The van der Waals surface area contributed by atoms with Gasteiger partial charge < -0.3 is 0 Å². The van der Waals surface area contributed by atoms with Gasteiger partial charge in [-0.3, -0.25) is 4.90 Å². The Morgan fingerprint density at radius 1 is 1.35 bits per heavy atom. The van der Waals surface area contributed by atoms with Gasteiger partial charge in [-0.15, -0.1) is 0 Å². The van der Waals surface area contributed by atoms with E-state index >= 15 is 0 Å². The zero-order chi connectivity index (χ0) is 12.4. The first-order valence-electron chi connectivity index (χ1n) is 6.08. The maximum Gasteiger partial charge on any atom is 0.130 e. The topological polar surface area (TPSA) is 16.1 Å². The van der Waals surface area contributed by atoms with E-state index < -0.39 is 0 Å². The molecule has 0 N–H and O–H groups in total. The van der Waals surface area contributed by atoms with Crippen LogP contribution >= 0.6 is 23.2 Å². The Bertz CT molecular complexity index is 395. The van der Waals surface area contributed by atoms with E-state index in [1.165, 1.54) is 6.42 Å². The Balaban J connectivity index is 2.01. The smallest absolute Gasteiger partial charge is 0.130 e. The largest absolute Gasteiger partial charge is 0.299 e. The van der Waals surface area contributed by atoms with Crippen molar-refractivity contribution in [3.63, 3.8) is 0 Å². The minimum atomic E-state index is 0.458. The third-order valence-electron chi connectivity index (χ3n) is 3.71. The lowest BCUT2D eigenvalue weighted by Gasteiger charge is -2.35. The second-order valence-electron chi connectivity index (χ2n) is 5.08. The highest BCUT2D eigenvalue weighted by atomic mass is 35.5.